The molecule has 0 spiro atoms. The van der Waals surface area contributed by atoms with Crippen molar-refractivity contribution in [1.82, 2.24) is 4.90 Å². The molecule has 1 saturated carbocycles. The molecule has 1 fully saturated rings. The Labute approximate surface area is 131 Å². The highest BCUT2D eigenvalue weighted by Gasteiger charge is 2.29. The fourth-order valence-electron chi connectivity index (χ4n) is 2.91. The monoisotopic (exact) mass is 300 g/mol. The van der Waals surface area contributed by atoms with Crippen LogP contribution in [0.3, 0.4) is 0 Å². The van der Waals surface area contributed by atoms with E-state index >= 15 is 0 Å². The van der Waals surface area contributed by atoms with Crippen LogP contribution in [0.2, 0.25) is 0 Å². The molecule has 0 saturated heterocycles. The third kappa shape index (κ3) is 3.94. The zero-order chi connectivity index (χ0) is 14.7. The lowest BCUT2D eigenvalue weighted by Gasteiger charge is -2.24. The van der Waals surface area contributed by atoms with Gasteiger partial charge in [-0.3, -0.25) is 4.90 Å². The summed E-state index contributed by atoms with van der Waals surface area (Å²) in [5, 5.41) is 4.43. The van der Waals surface area contributed by atoms with Crippen LogP contribution in [0.5, 0.6) is 0 Å². The molecule has 3 heteroatoms. The van der Waals surface area contributed by atoms with Gasteiger partial charge in [0, 0.05) is 25.2 Å². The third-order valence-electron chi connectivity index (χ3n) is 4.34. The van der Waals surface area contributed by atoms with E-state index in [2.05, 4.69) is 52.9 Å². The Hall–Kier alpha value is -1.16. The van der Waals surface area contributed by atoms with Gasteiger partial charge >= 0.3 is 0 Å². The Balaban J connectivity index is 1.58. The summed E-state index contributed by atoms with van der Waals surface area (Å²) in [5.74, 6) is 0. The average Bonchev–Trinajstić information content (AvgIpc) is 3.21. The minimum atomic E-state index is 0.148. The van der Waals surface area contributed by atoms with E-state index in [-0.39, 0.29) is 6.04 Å². The van der Waals surface area contributed by atoms with Gasteiger partial charge in [-0.05, 0) is 59.7 Å². The molecule has 1 atom stereocenters. The lowest BCUT2D eigenvalue weighted by atomic mass is 9.99. The van der Waals surface area contributed by atoms with Crippen LogP contribution in [0, 0.1) is 6.92 Å². The molecule has 112 valence electrons. The molecule has 1 heterocycles. The summed E-state index contributed by atoms with van der Waals surface area (Å²) in [6.45, 7) is 4.32. The third-order valence-corrected chi connectivity index (χ3v) is 5.08. The number of benzene rings is 1. The van der Waals surface area contributed by atoms with Crippen LogP contribution in [0.4, 0.5) is 0 Å². The smallest absolute Gasteiger partial charge is 0.0309 e. The maximum Gasteiger partial charge on any atom is 0.0309 e. The highest BCUT2D eigenvalue weighted by molar-refractivity contribution is 7.07. The normalized spacial score (nSPS) is 16.3. The standard InChI is InChI=1S/C18H24N2S/c1-14-4-2-3-5-17(14)18(19)8-10-20(16-6-7-16)12-15-9-11-21-13-15/h2-5,9,11,13,16,18H,6-8,10,12,19H2,1H3. The SMILES string of the molecule is Cc1ccccc1C(N)CCN(Cc1ccsc1)C1CC1. The topological polar surface area (TPSA) is 29.3 Å². The van der Waals surface area contributed by atoms with Gasteiger partial charge in [-0.15, -0.1) is 0 Å². The highest BCUT2D eigenvalue weighted by atomic mass is 32.1. The number of thiophene rings is 1. The van der Waals surface area contributed by atoms with Crippen molar-refractivity contribution in [2.24, 2.45) is 5.73 Å². The van der Waals surface area contributed by atoms with Crippen LogP contribution in [-0.2, 0) is 6.54 Å². The first-order valence-electron chi connectivity index (χ1n) is 7.80. The van der Waals surface area contributed by atoms with Crippen molar-refractivity contribution in [1.29, 1.82) is 0 Å². The molecule has 0 radical (unpaired) electrons. The summed E-state index contributed by atoms with van der Waals surface area (Å²) in [7, 11) is 0. The number of hydrogen-bond acceptors (Lipinski definition) is 3. The number of rotatable bonds is 7. The first-order chi connectivity index (χ1) is 10.2. The molecule has 1 aromatic heterocycles. The predicted molar refractivity (Wildman–Crippen MR) is 90.5 cm³/mol. The summed E-state index contributed by atoms with van der Waals surface area (Å²) in [4.78, 5) is 2.61. The van der Waals surface area contributed by atoms with Gasteiger partial charge in [-0.2, -0.15) is 11.3 Å². The van der Waals surface area contributed by atoms with Crippen LogP contribution in [-0.4, -0.2) is 17.5 Å². The van der Waals surface area contributed by atoms with Crippen LogP contribution in [0.25, 0.3) is 0 Å². The molecule has 0 amide bonds. The summed E-state index contributed by atoms with van der Waals surface area (Å²) < 4.78 is 0. The largest absolute Gasteiger partial charge is 0.324 e. The van der Waals surface area contributed by atoms with E-state index in [4.69, 9.17) is 5.73 Å². The van der Waals surface area contributed by atoms with Crippen molar-refractivity contribution in [3.05, 3.63) is 57.8 Å². The molecule has 3 rings (SSSR count). The first kappa shape index (κ1) is 14.8. The van der Waals surface area contributed by atoms with Crippen molar-refractivity contribution < 1.29 is 0 Å². The van der Waals surface area contributed by atoms with E-state index in [1.807, 2.05) is 0 Å². The Morgan fingerprint density at radius 3 is 2.76 bits per heavy atom. The molecule has 21 heavy (non-hydrogen) atoms. The molecule has 1 aliphatic rings. The Morgan fingerprint density at radius 2 is 2.10 bits per heavy atom. The zero-order valence-corrected chi connectivity index (χ0v) is 13.5. The van der Waals surface area contributed by atoms with Gasteiger partial charge in [0.05, 0.1) is 0 Å². The van der Waals surface area contributed by atoms with E-state index < -0.39 is 0 Å². The van der Waals surface area contributed by atoms with Crippen molar-refractivity contribution >= 4 is 11.3 Å². The minimum Gasteiger partial charge on any atom is -0.324 e. The number of hydrogen-bond donors (Lipinski definition) is 1. The molecular weight excluding hydrogens is 276 g/mol. The quantitative estimate of drug-likeness (QED) is 0.833. The van der Waals surface area contributed by atoms with Gasteiger partial charge in [-0.1, -0.05) is 24.3 Å². The van der Waals surface area contributed by atoms with Crippen molar-refractivity contribution in [2.45, 2.75) is 44.8 Å². The molecule has 0 bridgehead atoms. The maximum atomic E-state index is 6.41. The minimum absolute atomic E-state index is 0.148. The Bertz CT molecular complexity index is 560. The molecule has 0 aliphatic heterocycles. The molecule has 2 nitrogen and oxygen atoms in total. The zero-order valence-electron chi connectivity index (χ0n) is 12.7. The van der Waals surface area contributed by atoms with Crippen molar-refractivity contribution in [2.75, 3.05) is 6.54 Å². The van der Waals surface area contributed by atoms with E-state index in [0.717, 1.165) is 25.6 Å². The lowest BCUT2D eigenvalue weighted by molar-refractivity contribution is 0.245. The van der Waals surface area contributed by atoms with Gasteiger partial charge in [-0.25, -0.2) is 0 Å². The van der Waals surface area contributed by atoms with Crippen molar-refractivity contribution in [3.8, 4) is 0 Å². The van der Waals surface area contributed by atoms with Gasteiger partial charge in [0.2, 0.25) is 0 Å². The summed E-state index contributed by atoms with van der Waals surface area (Å²) in [5.41, 5.74) is 10.5. The predicted octanol–water partition coefficient (Wildman–Crippen LogP) is 4.11. The van der Waals surface area contributed by atoms with Gasteiger partial charge in [0.1, 0.15) is 0 Å². The van der Waals surface area contributed by atoms with E-state index in [1.54, 1.807) is 11.3 Å². The average molecular weight is 300 g/mol. The molecule has 1 unspecified atom stereocenters. The molecular formula is C18H24N2S. The lowest BCUT2D eigenvalue weighted by Crippen LogP contribution is -2.29. The van der Waals surface area contributed by atoms with Crippen LogP contribution in [0.15, 0.2) is 41.1 Å². The number of nitrogens with two attached hydrogens (primary N) is 1. The van der Waals surface area contributed by atoms with Crippen LogP contribution in [0.1, 0.15) is 42.0 Å². The number of aryl methyl sites for hydroxylation is 1. The summed E-state index contributed by atoms with van der Waals surface area (Å²) >= 11 is 1.79. The maximum absolute atomic E-state index is 6.41. The van der Waals surface area contributed by atoms with Crippen LogP contribution >= 0.6 is 11.3 Å². The summed E-state index contributed by atoms with van der Waals surface area (Å²) in [6.07, 6.45) is 3.74. The second kappa shape index (κ2) is 6.73. The highest BCUT2D eigenvalue weighted by Crippen LogP contribution is 2.30. The van der Waals surface area contributed by atoms with Gasteiger partial charge < -0.3 is 5.73 Å². The Kier molecular flexibility index (Phi) is 4.73. The van der Waals surface area contributed by atoms with E-state index in [9.17, 15) is 0 Å². The first-order valence-corrected chi connectivity index (χ1v) is 8.74. The Morgan fingerprint density at radius 1 is 1.29 bits per heavy atom. The second-order valence-corrected chi connectivity index (χ2v) is 6.87. The van der Waals surface area contributed by atoms with E-state index in [0.29, 0.717) is 0 Å². The fourth-order valence-corrected chi connectivity index (χ4v) is 3.57. The second-order valence-electron chi connectivity index (χ2n) is 6.09. The molecule has 1 aromatic carbocycles. The molecule has 2 aromatic rings. The van der Waals surface area contributed by atoms with E-state index in [1.165, 1.54) is 29.5 Å². The van der Waals surface area contributed by atoms with Crippen molar-refractivity contribution in [3.63, 3.8) is 0 Å². The molecule has 2 N–H and O–H groups in total. The summed E-state index contributed by atoms with van der Waals surface area (Å²) in [6, 6.07) is 11.7. The number of nitrogens with zero attached hydrogens (tertiary/aromatic N) is 1. The van der Waals surface area contributed by atoms with Crippen LogP contribution < -0.4 is 5.73 Å². The molecule has 1 aliphatic carbocycles. The van der Waals surface area contributed by atoms with Gasteiger partial charge in [0.25, 0.3) is 0 Å². The van der Waals surface area contributed by atoms with Gasteiger partial charge in [0.15, 0.2) is 0 Å². The fraction of sp³-hybridized carbons (Fsp3) is 0.444.